The Kier molecular flexibility index (Phi) is 6.66. The Balaban J connectivity index is 1.81. The number of fused-ring (bicyclic) bond motifs is 1. The molecule has 9 nitrogen and oxygen atoms in total. The van der Waals surface area contributed by atoms with Gasteiger partial charge in [0.1, 0.15) is 5.52 Å². The molecule has 0 atom stereocenters. The van der Waals surface area contributed by atoms with Crippen LogP contribution in [0.15, 0.2) is 28.2 Å². The number of rotatable bonds is 8. The Morgan fingerprint density at radius 2 is 1.90 bits per heavy atom. The van der Waals surface area contributed by atoms with Gasteiger partial charge in [-0.25, -0.2) is 4.98 Å². The van der Waals surface area contributed by atoms with E-state index in [0.717, 1.165) is 0 Å². The summed E-state index contributed by atoms with van der Waals surface area (Å²) in [6, 6.07) is 5.15. The topological polar surface area (TPSA) is 100 Å². The predicted molar refractivity (Wildman–Crippen MR) is 117 cm³/mol. The van der Waals surface area contributed by atoms with Gasteiger partial charge >= 0.3 is 0 Å². The summed E-state index contributed by atoms with van der Waals surface area (Å²) in [5.74, 6) is 0.994. The molecule has 0 unspecified atom stereocenters. The van der Waals surface area contributed by atoms with Gasteiger partial charge in [-0.15, -0.1) is 0 Å². The summed E-state index contributed by atoms with van der Waals surface area (Å²) in [7, 11) is 3.09. The van der Waals surface area contributed by atoms with E-state index in [9.17, 15) is 9.59 Å². The van der Waals surface area contributed by atoms with Gasteiger partial charge in [0.25, 0.3) is 5.56 Å². The zero-order chi connectivity index (χ0) is 21.8. The zero-order valence-corrected chi connectivity index (χ0v) is 18.5. The van der Waals surface area contributed by atoms with E-state index in [1.807, 2.05) is 20.8 Å². The van der Waals surface area contributed by atoms with Gasteiger partial charge in [-0.1, -0.05) is 11.8 Å². The van der Waals surface area contributed by atoms with Crippen molar-refractivity contribution < 1.29 is 14.3 Å². The van der Waals surface area contributed by atoms with Crippen molar-refractivity contribution in [1.29, 1.82) is 0 Å². The fourth-order valence-corrected chi connectivity index (χ4v) is 4.00. The first-order valence-electron chi connectivity index (χ1n) is 9.56. The maximum Gasteiger partial charge on any atom is 0.280 e. The van der Waals surface area contributed by atoms with Crippen LogP contribution in [-0.4, -0.2) is 45.2 Å². The minimum absolute atomic E-state index is 0.104. The predicted octanol–water partition coefficient (Wildman–Crippen LogP) is 2.69. The lowest BCUT2D eigenvalue weighted by molar-refractivity contribution is -0.113. The number of aryl methyl sites for hydroxylation is 2. The number of benzene rings is 1. The van der Waals surface area contributed by atoms with Crippen LogP contribution in [0.4, 0.5) is 5.69 Å². The highest BCUT2D eigenvalue weighted by molar-refractivity contribution is 7.99. The fourth-order valence-electron chi connectivity index (χ4n) is 3.15. The van der Waals surface area contributed by atoms with Crippen molar-refractivity contribution in [2.75, 3.05) is 25.3 Å². The van der Waals surface area contributed by atoms with E-state index in [2.05, 4.69) is 15.4 Å². The van der Waals surface area contributed by atoms with Crippen molar-refractivity contribution in [3.63, 3.8) is 0 Å². The van der Waals surface area contributed by atoms with Gasteiger partial charge in [-0.3, -0.25) is 18.8 Å². The number of amides is 1. The summed E-state index contributed by atoms with van der Waals surface area (Å²) in [5.41, 5.74) is 2.22. The van der Waals surface area contributed by atoms with Crippen molar-refractivity contribution >= 4 is 34.4 Å². The van der Waals surface area contributed by atoms with E-state index >= 15 is 0 Å². The molecular formula is C20H25N5O4S. The van der Waals surface area contributed by atoms with E-state index in [1.165, 1.54) is 18.9 Å². The van der Waals surface area contributed by atoms with E-state index in [-0.39, 0.29) is 17.2 Å². The second-order valence-corrected chi connectivity index (χ2v) is 7.39. The van der Waals surface area contributed by atoms with Crippen molar-refractivity contribution in [3.8, 4) is 11.5 Å². The molecule has 2 heterocycles. The van der Waals surface area contributed by atoms with Crippen LogP contribution in [0.3, 0.4) is 0 Å². The maximum atomic E-state index is 13.0. The first kappa shape index (κ1) is 21.7. The summed E-state index contributed by atoms with van der Waals surface area (Å²) < 4.78 is 13.7. The summed E-state index contributed by atoms with van der Waals surface area (Å²) in [4.78, 5) is 30.1. The standard InChI is InChI=1S/C20H25N5O4S/c1-6-24-19(27)18-17(12(3)23-25(18)7-2)22-20(24)30-11-16(26)21-13-8-9-14(28-4)15(10-13)29-5/h8-10H,6-7,11H2,1-5H3,(H,21,26). The van der Waals surface area contributed by atoms with Crippen molar-refractivity contribution in [2.24, 2.45) is 0 Å². The minimum Gasteiger partial charge on any atom is -0.493 e. The molecule has 10 heteroatoms. The molecule has 30 heavy (non-hydrogen) atoms. The number of hydrogen-bond acceptors (Lipinski definition) is 7. The lowest BCUT2D eigenvalue weighted by atomic mass is 10.2. The average molecular weight is 432 g/mol. The van der Waals surface area contributed by atoms with Gasteiger partial charge in [0.2, 0.25) is 5.91 Å². The third kappa shape index (κ3) is 4.13. The number of carbonyl (C=O) groups excluding carboxylic acids is 1. The highest BCUT2D eigenvalue weighted by Gasteiger charge is 2.18. The molecule has 3 rings (SSSR count). The van der Waals surface area contributed by atoms with Gasteiger partial charge in [0.15, 0.2) is 22.2 Å². The van der Waals surface area contributed by atoms with Crippen LogP contribution < -0.4 is 20.3 Å². The number of thioether (sulfide) groups is 1. The number of hydrogen-bond donors (Lipinski definition) is 1. The fraction of sp³-hybridized carbons (Fsp3) is 0.400. The smallest absolute Gasteiger partial charge is 0.280 e. The number of nitrogens with one attached hydrogen (secondary N) is 1. The minimum atomic E-state index is -0.217. The molecule has 0 aliphatic rings. The van der Waals surface area contributed by atoms with Crippen LogP contribution in [-0.2, 0) is 17.9 Å². The summed E-state index contributed by atoms with van der Waals surface area (Å²) in [5, 5.41) is 7.72. The molecule has 0 aliphatic heterocycles. The third-order valence-electron chi connectivity index (χ3n) is 4.60. The number of nitrogens with zero attached hydrogens (tertiary/aromatic N) is 4. The first-order valence-corrected chi connectivity index (χ1v) is 10.5. The molecule has 0 spiro atoms. The third-order valence-corrected chi connectivity index (χ3v) is 5.57. The molecule has 1 aromatic carbocycles. The molecule has 2 aromatic heterocycles. The van der Waals surface area contributed by atoms with Gasteiger partial charge in [0, 0.05) is 24.8 Å². The van der Waals surface area contributed by atoms with Crippen LogP contribution in [0.2, 0.25) is 0 Å². The van der Waals surface area contributed by atoms with E-state index in [1.54, 1.807) is 34.6 Å². The zero-order valence-electron chi connectivity index (χ0n) is 17.7. The monoisotopic (exact) mass is 431 g/mol. The molecule has 1 amide bonds. The molecular weight excluding hydrogens is 406 g/mol. The summed E-state index contributed by atoms with van der Waals surface area (Å²) >= 11 is 1.22. The number of methoxy groups -OCH3 is 2. The van der Waals surface area contributed by atoms with Crippen molar-refractivity contribution in [3.05, 3.63) is 34.2 Å². The molecule has 0 saturated heterocycles. The summed E-state index contributed by atoms with van der Waals surface area (Å²) in [6.07, 6.45) is 0. The normalized spacial score (nSPS) is 11.0. The van der Waals surface area contributed by atoms with Crippen LogP contribution in [0.5, 0.6) is 11.5 Å². The average Bonchev–Trinajstić information content (AvgIpc) is 3.08. The Hall–Kier alpha value is -3.01. The molecule has 0 fully saturated rings. The Bertz CT molecular complexity index is 1140. The quantitative estimate of drug-likeness (QED) is 0.432. The van der Waals surface area contributed by atoms with Gasteiger partial charge in [0.05, 0.1) is 25.7 Å². The Morgan fingerprint density at radius 1 is 1.17 bits per heavy atom. The van der Waals surface area contributed by atoms with E-state index in [0.29, 0.717) is 52.2 Å². The second kappa shape index (κ2) is 9.21. The first-order chi connectivity index (χ1) is 14.4. The van der Waals surface area contributed by atoms with Gasteiger partial charge in [-0.05, 0) is 32.9 Å². The van der Waals surface area contributed by atoms with E-state index < -0.39 is 0 Å². The lowest BCUT2D eigenvalue weighted by Crippen LogP contribution is -2.25. The molecule has 0 bridgehead atoms. The lowest BCUT2D eigenvalue weighted by Gasteiger charge is -2.12. The number of ether oxygens (including phenoxy) is 2. The van der Waals surface area contributed by atoms with Crippen LogP contribution in [0.25, 0.3) is 11.0 Å². The summed E-state index contributed by atoms with van der Waals surface area (Å²) in [6.45, 7) is 6.68. The maximum absolute atomic E-state index is 13.0. The number of carbonyl (C=O) groups is 1. The Labute approximate surface area is 178 Å². The SMILES string of the molecule is CCn1c(SCC(=O)Nc2ccc(OC)c(OC)c2)nc2c(C)nn(CC)c2c1=O. The second-order valence-electron chi connectivity index (χ2n) is 6.45. The largest absolute Gasteiger partial charge is 0.493 e. The Morgan fingerprint density at radius 3 is 2.53 bits per heavy atom. The number of anilines is 1. The molecule has 3 aromatic rings. The van der Waals surface area contributed by atoms with Crippen LogP contribution >= 0.6 is 11.8 Å². The highest BCUT2D eigenvalue weighted by Crippen LogP contribution is 2.30. The number of aromatic nitrogens is 4. The molecule has 0 aliphatic carbocycles. The molecule has 0 saturated carbocycles. The molecule has 160 valence electrons. The highest BCUT2D eigenvalue weighted by atomic mass is 32.2. The van der Waals surface area contributed by atoms with Crippen molar-refractivity contribution in [1.82, 2.24) is 19.3 Å². The van der Waals surface area contributed by atoms with Crippen LogP contribution in [0.1, 0.15) is 19.5 Å². The molecule has 1 N–H and O–H groups in total. The van der Waals surface area contributed by atoms with Gasteiger partial charge in [-0.2, -0.15) is 5.10 Å². The molecule has 0 radical (unpaired) electrons. The van der Waals surface area contributed by atoms with Crippen LogP contribution in [0, 0.1) is 6.92 Å². The van der Waals surface area contributed by atoms with E-state index in [4.69, 9.17) is 9.47 Å². The van der Waals surface area contributed by atoms with Gasteiger partial charge < -0.3 is 14.8 Å². The van der Waals surface area contributed by atoms with Crippen molar-refractivity contribution in [2.45, 2.75) is 39.0 Å².